The zero-order valence-electron chi connectivity index (χ0n) is 12.8. The molecular weight excluding hydrogens is 288 g/mol. The third-order valence-electron chi connectivity index (χ3n) is 4.70. The summed E-state index contributed by atoms with van der Waals surface area (Å²) >= 11 is 0. The fourth-order valence-electron chi connectivity index (χ4n) is 3.47. The predicted molar refractivity (Wildman–Crippen MR) is 87.8 cm³/mol. The van der Waals surface area contributed by atoms with E-state index in [0.717, 1.165) is 40.7 Å². The average Bonchev–Trinajstić information content (AvgIpc) is 2.97. The first-order chi connectivity index (χ1) is 11.2. The molecule has 2 N–H and O–H groups in total. The molecule has 4 rings (SSSR count). The molecule has 0 saturated carbocycles. The van der Waals surface area contributed by atoms with Gasteiger partial charge in [-0.1, -0.05) is 36.4 Å². The fraction of sp³-hybridized carbons (Fsp3) is 0.263. The minimum Gasteiger partial charge on any atom is -0.349 e. The van der Waals surface area contributed by atoms with E-state index in [2.05, 4.69) is 41.0 Å². The van der Waals surface area contributed by atoms with Gasteiger partial charge in [-0.25, -0.2) is 0 Å². The summed E-state index contributed by atoms with van der Waals surface area (Å²) in [4.78, 5) is 23.3. The number of fused-ring (bicyclic) bond motifs is 1. The molecular formula is C19H18N2O2. The molecule has 4 heteroatoms. The van der Waals surface area contributed by atoms with Crippen molar-refractivity contribution in [2.24, 2.45) is 0 Å². The van der Waals surface area contributed by atoms with E-state index in [4.69, 9.17) is 0 Å². The van der Waals surface area contributed by atoms with Gasteiger partial charge in [0.25, 0.3) is 5.91 Å². The van der Waals surface area contributed by atoms with Crippen LogP contribution < -0.4 is 10.6 Å². The van der Waals surface area contributed by atoms with Crippen LogP contribution in [-0.4, -0.2) is 11.8 Å². The van der Waals surface area contributed by atoms with Gasteiger partial charge in [0.1, 0.15) is 0 Å². The minimum absolute atomic E-state index is 0.00314. The number of amides is 2. The molecule has 2 aliphatic rings. The number of benzene rings is 2. The molecule has 1 unspecified atom stereocenters. The van der Waals surface area contributed by atoms with Crippen LogP contribution in [0.15, 0.2) is 42.5 Å². The van der Waals surface area contributed by atoms with Crippen LogP contribution in [0.25, 0.3) is 11.1 Å². The lowest BCUT2D eigenvalue weighted by atomic mass is 9.93. The molecule has 2 aromatic carbocycles. The molecule has 2 amide bonds. The molecule has 0 bridgehead atoms. The van der Waals surface area contributed by atoms with E-state index in [9.17, 15) is 9.59 Å². The summed E-state index contributed by atoms with van der Waals surface area (Å²) in [5, 5.41) is 5.92. The van der Waals surface area contributed by atoms with Crippen molar-refractivity contribution in [2.45, 2.75) is 31.8 Å². The Labute approximate surface area is 134 Å². The van der Waals surface area contributed by atoms with Crippen molar-refractivity contribution in [1.29, 1.82) is 0 Å². The highest BCUT2D eigenvalue weighted by Gasteiger charge is 2.22. The van der Waals surface area contributed by atoms with Gasteiger partial charge in [-0.05, 0) is 41.2 Å². The van der Waals surface area contributed by atoms with Crippen LogP contribution in [0, 0.1) is 0 Å². The first-order valence-electron chi connectivity index (χ1n) is 8.02. The van der Waals surface area contributed by atoms with Crippen LogP contribution in [0.5, 0.6) is 0 Å². The van der Waals surface area contributed by atoms with E-state index < -0.39 is 0 Å². The highest BCUT2D eigenvalue weighted by molar-refractivity contribution is 6.00. The Bertz CT molecular complexity index is 780. The summed E-state index contributed by atoms with van der Waals surface area (Å²) in [6, 6.07) is 14.3. The quantitative estimate of drug-likeness (QED) is 0.896. The van der Waals surface area contributed by atoms with Crippen LogP contribution in [0.2, 0.25) is 0 Å². The van der Waals surface area contributed by atoms with Crippen LogP contribution in [0.1, 0.15) is 46.8 Å². The number of carbonyl (C=O) groups excluding carboxylic acids is 2. The van der Waals surface area contributed by atoms with E-state index in [-0.39, 0.29) is 17.9 Å². The van der Waals surface area contributed by atoms with Gasteiger partial charge in [-0.15, -0.1) is 0 Å². The SMILES string of the molecule is O=C1CCCC(c2ccc(-c3cccc4c3CNC4=O)cc2)N1. The summed E-state index contributed by atoms with van der Waals surface area (Å²) < 4.78 is 0. The van der Waals surface area contributed by atoms with Crippen molar-refractivity contribution in [1.82, 2.24) is 10.6 Å². The summed E-state index contributed by atoms with van der Waals surface area (Å²) in [6.07, 6.45) is 2.56. The number of hydrogen-bond acceptors (Lipinski definition) is 2. The van der Waals surface area contributed by atoms with Gasteiger partial charge in [-0.3, -0.25) is 9.59 Å². The maximum absolute atomic E-state index is 11.8. The van der Waals surface area contributed by atoms with Crippen molar-refractivity contribution < 1.29 is 9.59 Å². The van der Waals surface area contributed by atoms with Crippen molar-refractivity contribution in [3.8, 4) is 11.1 Å². The molecule has 0 aromatic heterocycles. The van der Waals surface area contributed by atoms with E-state index in [1.54, 1.807) is 0 Å². The van der Waals surface area contributed by atoms with Gasteiger partial charge in [0.05, 0.1) is 6.04 Å². The summed E-state index contributed by atoms with van der Waals surface area (Å²) in [7, 11) is 0. The lowest BCUT2D eigenvalue weighted by molar-refractivity contribution is -0.123. The van der Waals surface area contributed by atoms with Crippen LogP contribution in [-0.2, 0) is 11.3 Å². The Morgan fingerprint density at radius 3 is 2.52 bits per heavy atom. The average molecular weight is 306 g/mol. The van der Waals surface area contributed by atoms with Crippen molar-refractivity contribution in [3.05, 3.63) is 59.2 Å². The highest BCUT2D eigenvalue weighted by Crippen LogP contribution is 2.31. The topological polar surface area (TPSA) is 58.2 Å². The Balaban J connectivity index is 1.64. The van der Waals surface area contributed by atoms with Gasteiger partial charge in [0.2, 0.25) is 5.91 Å². The Hall–Kier alpha value is -2.62. The first-order valence-corrected chi connectivity index (χ1v) is 8.02. The van der Waals surface area contributed by atoms with E-state index in [0.29, 0.717) is 13.0 Å². The number of hydrogen-bond donors (Lipinski definition) is 2. The second kappa shape index (κ2) is 5.54. The van der Waals surface area contributed by atoms with Crippen molar-refractivity contribution >= 4 is 11.8 Å². The van der Waals surface area contributed by atoms with Crippen molar-refractivity contribution in [3.63, 3.8) is 0 Å². The van der Waals surface area contributed by atoms with Gasteiger partial charge in [0.15, 0.2) is 0 Å². The molecule has 4 nitrogen and oxygen atoms in total. The van der Waals surface area contributed by atoms with Crippen LogP contribution >= 0.6 is 0 Å². The van der Waals surface area contributed by atoms with Gasteiger partial charge >= 0.3 is 0 Å². The van der Waals surface area contributed by atoms with Gasteiger partial charge < -0.3 is 10.6 Å². The number of piperidine rings is 1. The lowest BCUT2D eigenvalue weighted by Gasteiger charge is -2.23. The maximum atomic E-state index is 11.8. The maximum Gasteiger partial charge on any atom is 0.251 e. The van der Waals surface area contributed by atoms with E-state index >= 15 is 0 Å². The molecule has 1 atom stereocenters. The smallest absolute Gasteiger partial charge is 0.251 e. The van der Waals surface area contributed by atoms with E-state index in [1.807, 2.05) is 12.1 Å². The number of carbonyl (C=O) groups is 2. The van der Waals surface area contributed by atoms with Crippen LogP contribution in [0.3, 0.4) is 0 Å². The Kier molecular flexibility index (Phi) is 3.37. The molecule has 116 valence electrons. The monoisotopic (exact) mass is 306 g/mol. The zero-order chi connectivity index (χ0) is 15.8. The Morgan fingerprint density at radius 1 is 0.957 bits per heavy atom. The van der Waals surface area contributed by atoms with Gasteiger partial charge in [-0.2, -0.15) is 0 Å². The third-order valence-corrected chi connectivity index (χ3v) is 4.70. The second-order valence-electron chi connectivity index (χ2n) is 6.15. The molecule has 23 heavy (non-hydrogen) atoms. The largest absolute Gasteiger partial charge is 0.349 e. The molecule has 2 aliphatic heterocycles. The number of nitrogens with one attached hydrogen (secondary N) is 2. The minimum atomic E-state index is 0.00314. The second-order valence-corrected chi connectivity index (χ2v) is 6.15. The number of rotatable bonds is 2. The molecule has 0 aliphatic carbocycles. The molecule has 0 radical (unpaired) electrons. The Morgan fingerprint density at radius 2 is 1.74 bits per heavy atom. The first kappa shape index (κ1) is 14.0. The summed E-state index contributed by atoms with van der Waals surface area (Å²) in [5.41, 5.74) is 5.18. The molecule has 1 fully saturated rings. The molecule has 2 heterocycles. The summed E-state index contributed by atoms with van der Waals surface area (Å²) in [6.45, 7) is 0.588. The fourth-order valence-corrected chi connectivity index (χ4v) is 3.47. The molecule has 2 aromatic rings. The molecule has 0 spiro atoms. The summed E-state index contributed by atoms with van der Waals surface area (Å²) in [5.74, 6) is 0.138. The predicted octanol–water partition coefficient (Wildman–Crippen LogP) is 2.94. The van der Waals surface area contributed by atoms with Crippen LogP contribution in [0.4, 0.5) is 0 Å². The van der Waals surface area contributed by atoms with E-state index in [1.165, 1.54) is 0 Å². The van der Waals surface area contributed by atoms with Gasteiger partial charge in [0, 0.05) is 18.5 Å². The zero-order valence-corrected chi connectivity index (χ0v) is 12.8. The molecule has 1 saturated heterocycles. The lowest BCUT2D eigenvalue weighted by Crippen LogP contribution is -2.32. The standard InChI is InChI=1S/C19H18N2O2/c22-18-6-2-5-17(21-18)13-9-7-12(8-10-13)14-3-1-4-15-16(14)11-20-19(15)23/h1,3-4,7-10,17H,2,5-6,11H2,(H,20,23)(H,21,22). The highest BCUT2D eigenvalue weighted by atomic mass is 16.2. The van der Waals surface area contributed by atoms with Crippen molar-refractivity contribution in [2.75, 3.05) is 0 Å². The third kappa shape index (κ3) is 2.50. The normalized spacial score (nSPS) is 19.9.